The second kappa shape index (κ2) is 9.65. The van der Waals surface area contributed by atoms with Crippen molar-refractivity contribution in [1.82, 2.24) is 5.32 Å². The van der Waals surface area contributed by atoms with Gasteiger partial charge in [0.15, 0.2) is 11.5 Å². The highest BCUT2D eigenvalue weighted by atomic mass is 79.9. The molecule has 2 N–H and O–H groups in total. The Morgan fingerprint density at radius 3 is 2.47 bits per heavy atom. The number of anilines is 1. The van der Waals surface area contributed by atoms with Crippen molar-refractivity contribution in [3.63, 3.8) is 0 Å². The Hall–Kier alpha value is -3.66. The van der Waals surface area contributed by atoms with E-state index >= 15 is 0 Å². The van der Waals surface area contributed by atoms with Gasteiger partial charge in [-0.15, -0.1) is 0 Å². The first-order chi connectivity index (χ1) is 15.3. The number of benzene rings is 2. The van der Waals surface area contributed by atoms with E-state index in [0.29, 0.717) is 28.1 Å². The van der Waals surface area contributed by atoms with Gasteiger partial charge in [0.2, 0.25) is 0 Å². The van der Waals surface area contributed by atoms with E-state index in [9.17, 15) is 19.2 Å². The lowest BCUT2D eigenvalue weighted by atomic mass is 10.1. The predicted molar refractivity (Wildman–Crippen MR) is 119 cm³/mol. The summed E-state index contributed by atoms with van der Waals surface area (Å²) in [4.78, 5) is 49.5. The fourth-order valence-corrected chi connectivity index (χ4v) is 3.55. The monoisotopic (exact) mass is 502 g/mol. The van der Waals surface area contributed by atoms with Gasteiger partial charge in [-0.2, -0.15) is 0 Å². The van der Waals surface area contributed by atoms with Crippen LogP contribution in [-0.4, -0.2) is 42.6 Å². The summed E-state index contributed by atoms with van der Waals surface area (Å²) in [6, 6.07) is 7.48. The molecule has 3 rings (SSSR count). The number of hydrogen-bond acceptors (Lipinski definition) is 6. The third-order valence-corrected chi connectivity index (χ3v) is 5.08. The van der Waals surface area contributed by atoms with Gasteiger partial charge in [-0.3, -0.25) is 14.9 Å². The number of ether oxygens (including phenoxy) is 2. The Morgan fingerprint density at radius 1 is 1.19 bits per heavy atom. The maximum absolute atomic E-state index is 13.0. The summed E-state index contributed by atoms with van der Waals surface area (Å²) in [6.07, 6.45) is 2.13. The molecule has 0 atom stereocenters. The number of amides is 4. The second-order valence-electron chi connectivity index (χ2n) is 6.69. The molecule has 32 heavy (non-hydrogen) atoms. The summed E-state index contributed by atoms with van der Waals surface area (Å²) in [5, 5.41) is 11.2. The minimum absolute atomic E-state index is 0.00668. The number of barbiturate groups is 1. The molecule has 166 valence electrons. The van der Waals surface area contributed by atoms with Crippen molar-refractivity contribution in [2.24, 2.45) is 0 Å². The molecular weight excluding hydrogens is 484 g/mol. The fraction of sp³-hybridized carbons (Fsp3) is 0.182. The van der Waals surface area contributed by atoms with Crippen LogP contribution < -0.4 is 19.7 Å². The van der Waals surface area contributed by atoms with E-state index in [4.69, 9.17) is 14.6 Å². The van der Waals surface area contributed by atoms with Crippen LogP contribution in [0.15, 0.2) is 46.4 Å². The zero-order valence-corrected chi connectivity index (χ0v) is 18.8. The number of aromatic carboxylic acids is 1. The smallest absolute Gasteiger partial charge is 0.335 e. The maximum Gasteiger partial charge on any atom is 0.335 e. The first-order valence-electron chi connectivity index (χ1n) is 9.52. The molecule has 0 bridgehead atoms. The molecule has 0 radical (unpaired) electrons. The van der Waals surface area contributed by atoms with Crippen LogP contribution in [0.2, 0.25) is 0 Å². The van der Waals surface area contributed by atoms with Crippen molar-refractivity contribution < 1.29 is 33.8 Å². The Morgan fingerprint density at radius 2 is 1.88 bits per heavy atom. The van der Waals surface area contributed by atoms with Gasteiger partial charge in [0.1, 0.15) is 5.57 Å². The van der Waals surface area contributed by atoms with Crippen LogP contribution in [0, 0.1) is 0 Å². The zero-order valence-electron chi connectivity index (χ0n) is 17.2. The highest BCUT2D eigenvalue weighted by Crippen LogP contribution is 2.37. The summed E-state index contributed by atoms with van der Waals surface area (Å²) in [7, 11) is 1.47. The Labute approximate surface area is 191 Å². The largest absolute Gasteiger partial charge is 0.493 e. The van der Waals surface area contributed by atoms with Crippen molar-refractivity contribution in [3.05, 3.63) is 57.6 Å². The maximum atomic E-state index is 13.0. The first-order valence-corrected chi connectivity index (χ1v) is 10.3. The van der Waals surface area contributed by atoms with E-state index in [0.717, 1.165) is 11.3 Å². The van der Waals surface area contributed by atoms with Crippen molar-refractivity contribution in [3.8, 4) is 11.5 Å². The summed E-state index contributed by atoms with van der Waals surface area (Å²) >= 11 is 3.41. The molecule has 1 saturated heterocycles. The standard InChI is InChI=1S/C22H19BrN2O7/c1-3-8-32-18-16(23)10-12(11-17(18)31-2)9-15-19(26)24-22(30)25(20(15)27)14-6-4-13(5-7-14)21(28)29/h4-7,9-11H,3,8H2,1-2H3,(H,28,29)(H,24,26,30)/b15-9+. The van der Waals surface area contributed by atoms with Crippen molar-refractivity contribution in [2.75, 3.05) is 18.6 Å². The average Bonchev–Trinajstić information content (AvgIpc) is 2.75. The first kappa shape index (κ1) is 23.0. The number of carbonyl (C=O) groups is 4. The summed E-state index contributed by atoms with van der Waals surface area (Å²) in [6.45, 7) is 2.45. The second-order valence-corrected chi connectivity index (χ2v) is 7.55. The van der Waals surface area contributed by atoms with Crippen LogP contribution in [0.1, 0.15) is 29.3 Å². The number of halogens is 1. The van der Waals surface area contributed by atoms with E-state index in [-0.39, 0.29) is 16.8 Å². The van der Waals surface area contributed by atoms with Gasteiger partial charge in [0.05, 0.1) is 29.4 Å². The Balaban J connectivity index is 1.98. The van der Waals surface area contributed by atoms with Gasteiger partial charge in [-0.05, 0) is 70.4 Å². The summed E-state index contributed by atoms with van der Waals surface area (Å²) < 4.78 is 11.6. The number of nitrogens with one attached hydrogen (secondary N) is 1. The van der Waals surface area contributed by atoms with Crippen LogP contribution >= 0.6 is 15.9 Å². The molecule has 9 nitrogen and oxygen atoms in total. The van der Waals surface area contributed by atoms with E-state index in [1.807, 2.05) is 6.92 Å². The molecule has 0 aliphatic carbocycles. The summed E-state index contributed by atoms with van der Waals surface area (Å²) in [5.74, 6) is -1.94. The lowest BCUT2D eigenvalue weighted by Gasteiger charge is -2.26. The third-order valence-electron chi connectivity index (χ3n) is 4.49. The molecule has 1 fully saturated rings. The number of imide groups is 2. The Kier molecular flexibility index (Phi) is 6.94. The molecular formula is C22H19BrN2O7. The number of carboxylic acids is 1. The van der Waals surface area contributed by atoms with E-state index in [1.54, 1.807) is 12.1 Å². The van der Waals surface area contributed by atoms with Crippen molar-refractivity contribution in [2.45, 2.75) is 13.3 Å². The normalized spacial score (nSPS) is 15.0. The van der Waals surface area contributed by atoms with Crippen LogP contribution in [0.25, 0.3) is 6.08 Å². The number of hydrogen-bond donors (Lipinski definition) is 2. The molecule has 4 amide bonds. The van der Waals surface area contributed by atoms with Crippen LogP contribution in [0.4, 0.5) is 10.5 Å². The van der Waals surface area contributed by atoms with Gasteiger partial charge < -0.3 is 14.6 Å². The quantitative estimate of drug-likeness (QED) is 0.437. The summed E-state index contributed by atoms with van der Waals surface area (Å²) in [5.41, 5.74) is 0.306. The van der Waals surface area contributed by atoms with E-state index < -0.39 is 23.8 Å². The molecule has 0 aromatic heterocycles. The van der Waals surface area contributed by atoms with Crippen molar-refractivity contribution in [1.29, 1.82) is 0 Å². The average molecular weight is 503 g/mol. The molecule has 0 unspecified atom stereocenters. The molecule has 10 heteroatoms. The number of urea groups is 1. The lowest BCUT2D eigenvalue weighted by Crippen LogP contribution is -2.54. The minimum atomic E-state index is -1.15. The number of nitrogens with zero attached hydrogens (tertiary/aromatic N) is 1. The van der Waals surface area contributed by atoms with E-state index in [1.165, 1.54) is 37.5 Å². The molecule has 2 aromatic rings. The molecule has 0 spiro atoms. The highest BCUT2D eigenvalue weighted by Gasteiger charge is 2.37. The molecule has 0 saturated carbocycles. The highest BCUT2D eigenvalue weighted by molar-refractivity contribution is 9.10. The van der Waals surface area contributed by atoms with Crippen molar-refractivity contribution >= 4 is 51.5 Å². The van der Waals surface area contributed by atoms with Gasteiger partial charge in [-0.25, -0.2) is 14.5 Å². The molecule has 1 aliphatic heterocycles. The van der Waals surface area contributed by atoms with Gasteiger partial charge >= 0.3 is 12.0 Å². The number of methoxy groups -OCH3 is 1. The molecule has 1 aliphatic rings. The number of carbonyl (C=O) groups excluding carboxylic acids is 3. The topological polar surface area (TPSA) is 122 Å². The van der Waals surface area contributed by atoms with Gasteiger partial charge in [0.25, 0.3) is 11.8 Å². The molecule has 2 aromatic carbocycles. The van der Waals surface area contributed by atoms with Crippen LogP contribution in [0.3, 0.4) is 0 Å². The lowest BCUT2D eigenvalue weighted by molar-refractivity contribution is -0.122. The Bertz CT molecular complexity index is 1130. The van der Waals surface area contributed by atoms with Crippen LogP contribution in [-0.2, 0) is 9.59 Å². The zero-order chi connectivity index (χ0) is 23.4. The van der Waals surface area contributed by atoms with Crippen LogP contribution in [0.5, 0.6) is 11.5 Å². The van der Waals surface area contributed by atoms with E-state index in [2.05, 4.69) is 21.2 Å². The number of rotatable bonds is 7. The molecule has 1 heterocycles. The minimum Gasteiger partial charge on any atom is -0.493 e. The number of carboxylic acid groups (broad SMARTS) is 1. The van der Waals surface area contributed by atoms with Gasteiger partial charge in [0, 0.05) is 0 Å². The fourth-order valence-electron chi connectivity index (χ4n) is 2.98. The predicted octanol–water partition coefficient (Wildman–Crippen LogP) is 3.61. The van der Waals surface area contributed by atoms with Gasteiger partial charge in [-0.1, -0.05) is 6.92 Å². The third kappa shape index (κ3) is 4.65. The SMILES string of the molecule is CCCOc1c(Br)cc(/C=C2\C(=O)NC(=O)N(c3ccc(C(=O)O)cc3)C2=O)cc1OC.